The normalized spacial score (nSPS) is 22.6. The second kappa shape index (κ2) is 6.88. The summed E-state index contributed by atoms with van der Waals surface area (Å²) in [6, 6.07) is 0.520. The van der Waals surface area contributed by atoms with E-state index in [1.807, 2.05) is 6.20 Å². The molecule has 2 aliphatic rings. The van der Waals surface area contributed by atoms with E-state index in [1.54, 1.807) is 0 Å². The van der Waals surface area contributed by atoms with Crippen LogP contribution in [0.3, 0.4) is 0 Å². The summed E-state index contributed by atoms with van der Waals surface area (Å²) in [6.07, 6.45) is 6.53. The Hall–Kier alpha value is -1.73. The lowest BCUT2D eigenvalue weighted by Gasteiger charge is -2.39. The maximum atomic E-state index is 4.53. The van der Waals surface area contributed by atoms with Crippen LogP contribution in [-0.2, 0) is 26.7 Å². The van der Waals surface area contributed by atoms with Gasteiger partial charge in [0.25, 0.3) is 0 Å². The molecule has 0 bridgehead atoms. The van der Waals surface area contributed by atoms with Crippen molar-refractivity contribution in [3.05, 3.63) is 29.9 Å². The maximum absolute atomic E-state index is 4.53. The fourth-order valence-electron chi connectivity index (χ4n) is 3.82. The van der Waals surface area contributed by atoms with Crippen molar-refractivity contribution in [3.8, 4) is 0 Å². The quantitative estimate of drug-likeness (QED) is 0.798. The first-order valence-electron chi connectivity index (χ1n) is 9.50. The van der Waals surface area contributed by atoms with Crippen molar-refractivity contribution in [1.82, 2.24) is 34.1 Å². The first kappa shape index (κ1) is 16.7. The SMILES string of the molecule is CCn1ccnc1CN1CCN(Cc2nnc(C3CC3)n2C)C[C@H]1C. The van der Waals surface area contributed by atoms with E-state index in [2.05, 4.69) is 61.2 Å². The lowest BCUT2D eigenvalue weighted by molar-refractivity contribution is 0.0685. The van der Waals surface area contributed by atoms with Crippen LogP contribution in [-0.4, -0.2) is 59.8 Å². The fraction of sp³-hybridized carbons (Fsp3) is 0.722. The van der Waals surface area contributed by atoms with Crippen LogP contribution in [0.4, 0.5) is 0 Å². The predicted octanol–water partition coefficient (Wildman–Crippen LogP) is 1.62. The van der Waals surface area contributed by atoms with Crippen molar-refractivity contribution in [2.45, 2.75) is 58.3 Å². The summed E-state index contributed by atoms with van der Waals surface area (Å²) in [5, 5.41) is 8.85. The van der Waals surface area contributed by atoms with E-state index >= 15 is 0 Å². The molecule has 7 heteroatoms. The number of rotatable bonds is 6. The number of nitrogens with zero attached hydrogens (tertiary/aromatic N) is 7. The fourth-order valence-corrected chi connectivity index (χ4v) is 3.82. The summed E-state index contributed by atoms with van der Waals surface area (Å²) in [4.78, 5) is 9.57. The highest BCUT2D eigenvalue weighted by Gasteiger charge is 2.30. The molecule has 7 nitrogen and oxygen atoms in total. The molecule has 25 heavy (non-hydrogen) atoms. The van der Waals surface area contributed by atoms with Gasteiger partial charge in [-0.2, -0.15) is 0 Å². The molecule has 1 saturated carbocycles. The highest BCUT2D eigenvalue weighted by molar-refractivity contribution is 5.08. The van der Waals surface area contributed by atoms with Gasteiger partial charge in [0.2, 0.25) is 0 Å². The summed E-state index contributed by atoms with van der Waals surface area (Å²) in [5.41, 5.74) is 0. The Morgan fingerprint density at radius 1 is 1.12 bits per heavy atom. The molecular weight excluding hydrogens is 314 g/mol. The molecule has 0 spiro atoms. The van der Waals surface area contributed by atoms with E-state index in [9.17, 15) is 0 Å². The van der Waals surface area contributed by atoms with Crippen LogP contribution in [0.25, 0.3) is 0 Å². The van der Waals surface area contributed by atoms with Gasteiger partial charge in [0.05, 0.1) is 13.1 Å². The highest BCUT2D eigenvalue weighted by Crippen LogP contribution is 2.38. The third-order valence-electron chi connectivity index (χ3n) is 5.64. The van der Waals surface area contributed by atoms with E-state index in [4.69, 9.17) is 0 Å². The zero-order valence-corrected chi connectivity index (χ0v) is 15.6. The molecule has 4 rings (SSSR count). The van der Waals surface area contributed by atoms with Crippen molar-refractivity contribution in [1.29, 1.82) is 0 Å². The molecule has 0 aromatic carbocycles. The molecule has 1 saturated heterocycles. The Labute approximate surface area is 149 Å². The Morgan fingerprint density at radius 3 is 2.68 bits per heavy atom. The molecule has 0 amide bonds. The Balaban J connectivity index is 1.35. The number of imidazole rings is 1. The van der Waals surface area contributed by atoms with Crippen LogP contribution in [0.15, 0.2) is 12.4 Å². The van der Waals surface area contributed by atoms with Crippen LogP contribution in [0.1, 0.15) is 50.1 Å². The average Bonchev–Trinajstić information content (AvgIpc) is 3.24. The van der Waals surface area contributed by atoms with E-state index in [1.165, 1.54) is 24.5 Å². The minimum absolute atomic E-state index is 0.520. The third-order valence-corrected chi connectivity index (χ3v) is 5.64. The number of aryl methyl sites for hydroxylation is 1. The van der Waals surface area contributed by atoms with Gasteiger partial charge in [0.15, 0.2) is 0 Å². The third kappa shape index (κ3) is 3.48. The van der Waals surface area contributed by atoms with Crippen LogP contribution in [0, 0.1) is 0 Å². The van der Waals surface area contributed by atoms with Crippen LogP contribution >= 0.6 is 0 Å². The van der Waals surface area contributed by atoms with Gasteiger partial charge in [0.1, 0.15) is 17.5 Å². The van der Waals surface area contributed by atoms with Gasteiger partial charge in [0, 0.05) is 57.6 Å². The van der Waals surface area contributed by atoms with Gasteiger partial charge in [-0.3, -0.25) is 9.80 Å². The molecule has 2 aromatic rings. The van der Waals surface area contributed by atoms with Crippen molar-refractivity contribution >= 4 is 0 Å². The Kier molecular flexibility index (Phi) is 4.60. The number of piperazine rings is 1. The largest absolute Gasteiger partial charge is 0.334 e. The van der Waals surface area contributed by atoms with E-state index in [0.29, 0.717) is 12.0 Å². The first-order valence-corrected chi connectivity index (χ1v) is 9.50. The Bertz CT molecular complexity index is 715. The summed E-state index contributed by atoms with van der Waals surface area (Å²) in [6.45, 7) is 10.5. The van der Waals surface area contributed by atoms with Crippen molar-refractivity contribution in [2.75, 3.05) is 19.6 Å². The van der Waals surface area contributed by atoms with Gasteiger partial charge < -0.3 is 9.13 Å². The smallest absolute Gasteiger partial charge is 0.146 e. The maximum Gasteiger partial charge on any atom is 0.146 e. The van der Waals surface area contributed by atoms with Crippen molar-refractivity contribution in [3.63, 3.8) is 0 Å². The van der Waals surface area contributed by atoms with E-state index in [0.717, 1.165) is 45.1 Å². The molecule has 136 valence electrons. The molecule has 1 atom stereocenters. The summed E-state index contributed by atoms with van der Waals surface area (Å²) >= 11 is 0. The van der Waals surface area contributed by atoms with Crippen molar-refractivity contribution < 1.29 is 0 Å². The molecule has 0 radical (unpaired) electrons. The standard InChI is InChI=1S/C18H29N7/c1-4-24-8-7-19-16(24)13-25-10-9-23(11-14(25)2)12-17-20-21-18(22(17)3)15-5-6-15/h7-8,14-15H,4-6,9-13H2,1-3H3/t14-/m1/s1. The lowest BCUT2D eigenvalue weighted by Crippen LogP contribution is -2.51. The molecule has 0 N–H and O–H groups in total. The van der Waals surface area contributed by atoms with Crippen molar-refractivity contribution in [2.24, 2.45) is 7.05 Å². The molecule has 0 unspecified atom stereocenters. The van der Waals surface area contributed by atoms with Gasteiger partial charge >= 0.3 is 0 Å². The molecule has 1 aliphatic heterocycles. The number of hydrogen-bond acceptors (Lipinski definition) is 5. The monoisotopic (exact) mass is 343 g/mol. The molecular formula is C18H29N7. The lowest BCUT2D eigenvalue weighted by atomic mass is 10.2. The minimum atomic E-state index is 0.520. The van der Waals surface area contributed by atoms with Crippen LogP contribution < -0.4 is 0 Å². The van der Waals surface area contributed by atoms with Crippen LogP contribution in [0.5, 0.6) is 0 Å². The van der Waals surface area contributed by atoms with Gasteiger partial charge in [-0.25, -0.2) is 4.98 Å². The topological polar surface area (TPSA) is 55.0 Å². The zero-order chi connectivity index (χ0) is 17.4. The summed E-state index contributed by atoms with van der Waals surface area (Å²) in [7, 11) is 2.12. The van der Waals surface area contributed by atoms with Gasteiger partial charge in [-0.1, -0.05) is 0 Å². The van der Waals surface area contributed by atoms with Crippen LogP contribution in [0.2, 0.25) is 0 Å². The van der Waals surface area contributed by atoms with E-state index < -0.39 is 0 Å². The second-order valence-corrected chi connectivity index (χ2v) is 7.49. The number of aromatic nitrogens is 5. The molecule has 2 aromatic heterocycles. The average molecular weight is 343 g/mol. The summed E-state index contributed by atoms with van der Waals surface area (Å²) in [5.74, 6) is 4.10. The second-order valence-electron chi connectivity index (χ2n) is 7.49. The molecule has 3 heterocycles. The minimum Gasteiger partial charge on any atom is -0.334 e. The number of hydrogen-bond donors (Lipinski definition) is 0. The highest BCUT2D eigenvalue weighted by atomic mass is 15.3. The zero-order valence-electron chi connectivity index (χ0n) is 15.6. The Morgan fingerprint density at radius 2 is 1.96 bits per heavy atom. The first-order chi connectivity index (χ1) is 12.2. The van der Waals surface area contributed by atoms with E-state index in [-0.39, 0.29) is 0 Å². The predicted molar refractivity (Wildman–Crippen MR) is 96.0 cm³/mol. The molecule has 2 fully saturated rings. The summed E-state index contributed by atoms with van der Waals surface area (Å²) < 4.78 is 4.45. The van der Waals surface area contributed by atoms with Gasteiger partial charge in [-0.15, -0.1) is 10.2 Å². The van der Waals surface area contributed by atoms with Gasteiger partial charge in [-0.05, 0) is 26.7 Å². The molecule has 1 aliphatic carbocycles.